The third-order valence-electron chi connectivity index (χ3n) is 2.99. The molecule has 2 aromatic rings. The minimum Gasteiger partial charge on any atom is -0.334 e. The summed E-state index contributed by atoms with van der Waals surface area (Å²) < 4.78 is 5.33. The van der Waals surface area contributed by atoms with Gasteiger partial charge in [0.15, 0.2) is 11.1 Å². The fraction of sp³-hybridized carbons (Fsp3) is 0.143. The molecule has 0 aliphatic rings. The van der Waals surface area contributed by atoms with E-state index in [-0.39, 0.29) is 22.5 Å². The number of nitrogens with zero attached hydrogens (tertiary/aromatic N) is 2. The van der Waals surface area contributed by atoms with Gasteiger partial charge in [-0.3, -0.25) is 20.2 Å². The van der Waals surface area contributed by atoms with Crippen molar-refractivity contribution in [2.75, 3.05) is 0 Å². The first-order chi connectivity index (χ1) is 10.9. The van der Waals surface area contributed by atoms with E-state index in [1.807, 2.05) is 0 Å². The number of hydrogen-bond donors (Lipinski definition) is 0. The molecule has 0 amide bonds. The minimum absolute atomic E-state index is 0.114. The Labute approximate surface area is 140 Å². The highest BCUT2D eigenvalue weighted by Crippen LogP contribution is 2.38. The Morgan fingerprint density at radius 2 is 1.13 bits per heavy atom. The normalized spacial score (nSPS) is 13.3. The molecule has 0 N–H and O–H groups in total. The van der Waals surface area contributed by atoms with Gasteiger partial charge in [-0.1, -0.05) is 47.5 Å². The van der Waals surface area contributed by atoms with Crippen LogP contribution in [0.15, 0.2) is 48.5 Å². The summed E-state index contributed by atoms with van der Waals surface area (Å²) in [6.07, 6.45) is 0. The van der Waals surface area contributed by atoms with Gasteiger partial charge in [-0.25, -0.2) is 0 Å². The highest BCUT2D eigenvalue weighted by atomic mass is 35.5. The van der Waals surface area contributed by atoms with Crippen LogP contribution in [0.5, 0.6) is 0 Å². The number of nitro groups is 2. The minimum atomic E-state index is -1.24. The van der Waals surface area contributed by atoms with E-state index in [2.05, 4.69) is 0 Å². The van der Waals surface area contributed by atoms with Crippen molar-refractivity contribution in [3.8, 4) is 0 Å². The Morgan fingerprint density at radius 1 is 0.783 bits per heavy atom. The number of para-hydroxylation sites is 2. The lowest BCUT2D eigenvalue weighted by atomic mass is 10.2. The summed E-state index contributed by atoms with van der Waals surface area (Å²) >= 11 is 12.1. The number of alkyl halides is 2. The molecular formula is C14H10Cl2N2O5. The monoisotopic (exact) mass is 356 g/mol. The van der Waals surface area contributed by atoms with E-state index >= 15 is 0 Å². The van der Waals surface area contributed by atoms with E-state index in [1.54, 1.807) is 12.1 Å². The molecule has 0 saturated heterocycles. The van der Waals surface area contributed by atoms with Crippen molar-refractivity contribution in [1.29, 1.82) is 0 Å². The quantitative estimate of drug-likeness (QED) is 0.424. The van der Waals surface area contributed by atoms with Crippen LogP contribution in [-0.4, -0.2) is 9.85 Å². The zero-order valence-electron chi connectivity index (χ0n) is 11.5. The van der Waals surface area contributed by atoms with Crippen molar-refractivity contribution < 1.29 is 14.6 Å². The smallest absolute Gasteiger partial charge is 0.276 e. The molecule has 0 aliphatic carbocycles. The second-order valence-electron chi connectivity index (χ2n) is 4.40. The molecule has 9 heteroatoms. The molecule has 2 aromatic carbocycles. The van der Waals surface area contributed by atoms with Gasteiger partial charge in [0, 0.05) is 12.1 Å². The molecule has 0 aromatic heterocycles. The summed E-state index contributed by atoms with van der Waals surface area (Å²) in [5.41, 5.74) is -2.69. The maximum absolute atomic E-state index is 11.0. The average molecular weight is 357 g/mol. The standard InChI is InChI=1S/C14H10Cl2N2O5/c15-13(9-5-1-3-7-11(9)17(19)20)23-14(16)10-6-2-4-8-12(10)18(21)22/h1-8,13-14H. The summed E-state index contributed by atoms with van der Waals surface area (Å²) in [5.74, 6) is 0. The first-order valence-electron chi connectivity index (χ1n) is 6.32. The van der Waals surface area contributed by atoms with Gasteiger partial charge in [0.05, 0.1) is 21.0 Å². The fourth-order valence-electron chi connectivity index (χ4n) is 1.94. The maximum atomic E-state index is 11.0. The van der Waals surface area contributed by atoms with Gasteiger partial charge in [-0.2, -0.15) is 0 Å². The second kappa shape index (κ2) is 7.36. The molecule has 0 fully saturated rings. The van der Waals surface area contributed by atoms with Crippen molar-refractivity contribution in [2.24, 2.45) is 0 Å². The average Bonchev–Trinajstić information content (AvgIpc) is 2.54. The molecule has 7 nitrogen and oxygen atoms in total. The molecule has 0 aliphatic heterocycles. The summed E-state index contributed by atoms with van der Waals surface area (Å²) in [7, 11) is 0. The predicted molar refractivity (Wildman–Crippen MR) is 84.5 cm³/mol. The number of hydrogen-bond acceptors (Lipinski definition) is 5. The first kappa shape index (κ1) is 17.1. The molecule has 2 atom stereocenters. The van der Waals surface area contributed by atoms with Crippen LogP contribution in [0.1, 0.15) is 22.3 Å². The molecule has 0 spiro atoms. The molecule has 0 radical (unpaired) electrons. The summed E-state index contributed by atoms with van der Waals surface area (Å²) in [6, 6.07) is 11.5. The van der Waals surface area contributed by atoms with Crippen LogP contribution in [0, 0.1) is 20.2 Å². The SMILES string of the molecule is O=[N+]([O-])c1ccccc1C(Cl)OC(Cl)c1ccccc1[N+](=O)[O-]. The third kappa shape index (κ3) is 3.95. The van der Waals surface area contributed by atoms with Gasteiger partial charge in [0.1, 0.15) is 0 Å². The number of ether oxygens (including phenoxy) is 1. The molecule has 0 saturated carbocycles. The van der Waals surface area contributed by atoms with E-state index in [0.29, 0.717) is 0 Å². The summed E-state index contributed by atoms with van der Waals surface area (Å²) in [6.45, 7) is 0. The molecule has 0 bridgehead atoms. The number of benzene rings is 2. The Morgan fingerprint density at radius 3 is 1.48 bits per heavy atom. The molecule has 120 valence electrons. The van der Waals surface area contributed by atoms with Crippen LogP contribution in [0.3, 0.4) is 0 Å². The van der Waals surface area contributed by atoms with Crippen molar-refractivity contribution in [3.63, 3.8) is 0 Å². The number of nitro benzene ring substituents is 2. The third-order valence-corrected chi connectivity index (χ3v) is 3.67. The summed E-state index contributed by atoms with van der Waals surface area (Å²) in [4.78, 5) is 20.8. The topological polar surface area (TPSA) is 95.5 Å². The van der Waals surface area contributed by atoms with Gasteiger partial charge in [-0.15, -0.1) is 0 Å². The van der Waals surface area contributed by atoms with E-state index < -0.39 is 21.0 Å². The Bertz CT molecular complexity index is 679. The van der Waals surface area contributed by atoms with E-state index in [0.717, 1.165) is 0 Å². The van der Waals surface area contributed by atoms with E-state index in [1.165, 1.54) is 36.4 Å². The van der Waals surface area contributed by atoms with Crippen LogP contribution < -0.4 is 0 Å². The van der Waals surface area contributed by atoms with Gasteiger partial charge >= 0.3 is 0 Å². The lowest BCUT2D eigenvalue weighted by Gasteiger charge is -2.16. The zero-order valence-corrected chi connectivity index (χ0v) is 13.0. The zero-order chi connectivity index (χ0) is 17.0. The van der Waals surface area contributed by atoms with Crippen molar-refractivity contribution in [3.05, 3.63) is 79.9 Å². The van der Waals surface area contributed by atoms with Crippen LogP contribution in [0.25, 0.3) is 0 Å². The molecule has 2 unspecified atom stereocenters. The molecule has 23 heavy (non-hydrogen) atoms. The van der Waals surface area contributed by atoms with Crippen molar-refractivity contribution >= 4 is 34.6 Å². The van der Waals surface area contributed by atoms with Gasteiger partial charge in [-0.05, 0) is 12.1 Å². The van der Waals surface area contributed by atoms with Gasteiger partial charge < -0.3 is 4.74 Å². The summed E-state index contributed by atoms with van der Waals surface area (Å²) in [5, 5.41) is 22.0. The second-order valence-corrected chi connectivity index (χ2v) is 5.19. The number of halogens is 2. The Balaban J connectivity index is 2.26. The van der Waals surface area contributed by atoms with Gasteiger partial charge in [0.2, 0.25) is 0 Å². The molecular weight excluding hydrogens is 347 g/mol. The predicted octanol–water partition coefficient (Wildman–Crippen LogP) is 4.69. The van der Waals surface area contributed by atoms with Crippen molar-refractivity contribution in [2.45, 2.75) is 11.1 Å². The van der Waals surface area contributed by atoms with Crippen LogP contribution in [-0.2, 0) is 4.74 Å². The van der Waals surface area contributed by atoms with E-state index in [9.17, 15) is 20.2 Å². The Kier molecular flexibility index (Phi) is 5.49. The fourth-order valence-corrected chi connectivity index (χ4v) is 2.57. The van der Waals surface area contributed by atoms with Gasteiger partial charge in [0.25, 0.3) is 11.4 Å². The van der Waals surface area contributed by atoms with Crippen molar-refractivity contribution in [1.82, 2.24) is 0 Å². The Hall–Kier alpha value is -2.22. The molecule has 0 heterocycles. The maximum Gasteiger partial charge on any atom is 0.276 e. The van der Waals surface area contributed by atoms with Crippen LogP contribution >= 0.6 is 23.2 Å². The lowest BCUT2D eigenvalue weighted by Crippen LogP contribution is -2.06. The van der Waals surface area contributed by atoms with E-state index in [4.69, 9.17) is 27.9 Å². The lowest BCUT2D eigenvalue weighted by molar-refractivity contribution is -0.386. The number of rotatable bonds is 6. The largest absolute Gasteiger partial charge is 0.334 e. The highest BCUT2D eigenvalue weighted by molar-refractivity contribution is 6.22. The highest BCUT2D eigenvalue weighted by Gasteiger charge is 2.26. The van der Waals surface area contributed by atoms with Crippen LogP contribution in [0.4, 0.5) is 11.4 Å². The first-order valence-corrected chi connectivity index (χ1v) is 7.19. The van der Waals surface area contributed by atoms with Crippen LogP contribution in [0.2, 0.25) is 0 Å². The molecule has 2 rings (SSSR count).